The predicted octanol–water partition coefficient (Wildman–Crippen LogP) is 2.38. The zero-order valence-corrected chi connectivity index (χ0v) is 11.8. The molecule has 4 nitrogen and oxygen atoms in total. The van der Waals surface area contributed by atoms with Crippen molar-refractivity contribution < 1.29 is 9.90 Å². The van der Waals surface area contributed by atoms with Crippen molar-refractivity contribution >= 4 is 11.6 Å². The second-order valence-electron chi connectivity index (χ2n) is 4.49. The fourth-order valence-electron chi connectivity index (χ4n) is 1.75. The summed E-state index contributed by atoms with van der Waals surface area (Å²) in [4.78, 5) is 16.1. The highest BCUT2D eigenvalue weighted by Crippen LogP contribution is 2.11. The molecule has 0 aliphatic carbocycles. The van der Waals surface area contributed by atoms with Crippen LogP contribution in [-0.2, 0) is 0 Å². The van der Waals surface area contributed by atoms with Gasteiger partial charge in [0.15, 0.2) is 0 Å². The minimum Gasteiger partial charge on any atom is -0.395 e. The topological polar surface area (TPSA) is 62.2 Å². The van der Waals surface area contributed by atoms with Gasteiger partial charge in [0.05, 0.1) is 6.61 Å². The molecule has 1 aromatic heterocycles. The Kier molecular flexibility index (Phi) is 5.08. The number of nitrogens with one attached hydrogen (secondary N) is 1. The summed E-state index contributed by atoms with van der Waals surface area (Å²) in [5, 5.41) is 11.5. The normalized spacial score (nSPS) is 9.62. The van der Waals surface area contributed by atoms with Crippen molar-refractivity contribution in [1.29, 1.82) is 0 Å². The molecule has 1 heterocycles. The lowest BCUT2D eigenvalue weighted by Gasteiger charge is -2.05. The van der Waals surface area contributed by atoms with Gasteiger partial charge in [-0.15, -0.1) is 0 Å². The third kappa shape index (κ3) is 4.44. The van der Waals surface area contributed by atoms with E-state index in [2.05, 4.69) is 22.1 Å². The van der Waals surface area contributed by atoms with Crippen LogP contribution >= 0.6 is 0 Å². The number of hydrogen-bond acceptors (Lipinski definition) is 3. The molecular weight excluding hydrogens is 264 g/mol. The summed E-state index contributed by atoms with van der Waals surface area (Å²) in [6.07, 6.45) is 2.07. The van der Waals surface area contributed by atoms with E-state index in [1.165, 1.54) is 0 Å². The highest BCUT2D eigenvalue weighted by molar-refractivity contribution is 6.04. The maximum Gasteiger partial charge on any atom is 0.255 e. The predicted molar refractivity (Wildman–Crippen MR) is 82.0 cm³/mol. The first kappa shape index (κ1) is 14.8. The highest BCUT2D eigenvalue weighted by Gasteiger charge is 2.06. The van der Waals surface area contributed by atoms with Crippen LogP contribution in [0.2, 0.25) is 0 Å². The second kappa shape index (κ2) is 7.22. The Morgan fingerprint density at radius 1 is 1.29 bits per heavy atom. The minimum absolute atomic E-state index is 0.0620. The van der Waals surface area contributed by atoms with Gasteiger partial charge in [-0.2, -0.15) is 0 Å². The summed E-state index contributed by atoms with van der Waals surface area (Å²) >= 11 is 0. The molecule has 0 bridgehead atoms. The number of amides is 1. The zero-order chi connectivity index (χ0) is 15.1. The molecule has 0 spiro atoms. The molecule has 4 heteroatoms. The van der Waals surface area contributed by atoms with Crippen LogP contribution in [-0.4, -0.2) is 22.6 Å². The fraction of sp³-hybridized carbons (Fsp3) is 0.176. The quantitative estimate of drug-likeness (QED) is 0.849. The Morgan fingerprint density at radius 3 is 2.71 bits per heavy atom. The smallest absolute Gasteiger partial charge is 0.255 e. The summed E-state index contributed by atoms with van der Waals surface area (Å²) < 4.78 is 0. The Hall–Kier alpha value is -2.64. The molecule has 2 N–H and O–H groups in total. The summed E-state index contributed by atoms with van der Waals surface area (Å²) in [6.45, 7) is 1.91. The SMILES string of the molecule is Cc1cc(C(=O)Nc2ccc(C#CCCO)cc2)ccn1. The van der Waals surface area contributed by atoms with E-state index >= 15 is 0 Å². The lowest BCUT2D eigenvalue weighted by molar-refractivity contribution is 0.102. The lowest BCUT2D eigenvalue weighted by atomic mass is 10.2. The average Bonchev–Trinajstić information content (AvgIpc) is 2.49. The number of rotatable bonds is 3. The van der Waals surface area contributed by atoms with Crippen LogP contribution in [0.5, 0.6) is 0 Å². The molecule has 0 saturated heterocycles. The molecule has 1 aromatic carbocycles. The first-order chi connectivity index (χ1) is 10.2. The van der Waals surface area contributed by atoms with Gasteiger partial charge in [0.1, 0.15) is 0 Å². The van der Waals surface area contributed by atoms with E-state index in [1.807, 2.05) is 19.1 Å². The van der Waals surface area contributed by atoms with E-state index in [9.17, 15) is 4.79 Å². The second-order valence-corrected chi connectivity index (χ2v) is 4.49. The Bertz CT molecular complexity index is 682. The molecular formula is C17H16N2O2. The lowest BCUT2D eigenvalue weighted by Crippen LogP contribution is -2.12. The molecule has 0 saturated carbocycles. The largest absolute Gasteiger partial charge is 0.395 e. The van der Waals surface area contributed by atoms with Crippen LogP contribution in [0.4, 0.5) is 5.69 Å². The maximum absolute atomic E-state index is 12.1. The van der Waals surface area contributed by atoms with Gasteiger partial charge in [0.2, 0.25) is 0 Å². The van der Waals surface area contributed by atoms with Crippen molar-refractivity contribution in [1.82, 2.24) is 4.98 Å². The number of aliphatic hydroxyl groups excluding tert-OH is 1. The monoisotopic (exact) mass is 280 g/mol. The molecule has 0 atom stereocenters. The number of carbonyl (C=O) groups excluding carboxylic acids is 1. The number of nitrogens with zero attached hydrogens (tertiary/aromatic N) is 1. The van der Waals surface area contributed by atoms with Crippen molar-refractivity contribution in [2.45, 2.75) is 13.3 Å². The molecule has 0 radical (unpaired) electrons. The maximum atomic E-state index is 12.1. The fourth-order valence-corrected chi connectivity index (χ4v) is 1.75. The zero-order valence-electron chi connectivity index (χ0n) is 11.8. The van der Waals surface area contributed by atoms with Crippen LogP contribution in [0.15, 0.2) is 42.6 Å². The van der Waals surface area contributed by atoms with Crippen LogP contribution in [0.3, 0.4) is 0 Å². The molecule has 0 aliphatic rings. The number of anilines is 1. The third-order valence-corrected chi connectivity index (χ3v) is 2.77. The van der Waals surface area contributed by atoms with Crippen molar-refractivity contribution in [2.24, 2.45) is 0 Å². The number of aryl methyl sites for hydroxylation is 1. The van der Waals surface area contributed by atoms with E-state index in [4.69, 9.17) is 5.11 Å². The number of hydrogen-bond donors (Lipinski definition) is 2. The number of carbonyl (C=O) groups is 1. The van der Waals surface area contributed by atoms with Gasteiger partial charge in [0, 0.05) is 35.1 Å². The Labute approximate surface area is 123 Å². The van der Waals surface area contributed by atoms with Gasteiger partial charge in [-0.3, -0.25) is 9.78 Å². The molecule has 21 heavy (non-hydrogen) atoms. The van der Waals surface area contributed by atoms with Crippen LogP contribution in [0, 0.1) is 18.8 Å². The minimum atomic E-state index is -0.167. The Morgan fingerprint density at radius 2 is 2.05 bits per heavy atom. The van der Waals surface area contributed by atoms with Crippen LogP contribution in [0.1, 0.15) is 28.0 Å². The van der Waals surface area contributed by atoms with E-state index in [0.29, 0.717) is 17.7 Å². The van der Waals surface area contributed by atoms with E-state index in [-0.39, 0.29) is 12.5 Å². The molecule has 2 aromatic rings. The first-order valence-corrected chi connectivity index (χ1v) is 6.63. The number of pyridine rings is 1. The average molecular weight is 280 g/mol. The van der Waals surface area contributed by atoms with E-state index in [1.54, 1.807) is 30.5 Å². The number of benzene rings is 1. The molecule has 0 unspecified atom stereocenters. The molecule has 2 rings (SSSR count). The van der Waals surface area contributed by atoms with Crippen molar-refractivity contribution in [3.8, 4) is 11.8 Å². The number of aromatic nitrogens is 1. The van der Waals surface area contributed by atoms with Crippen LogP contribution < -0.4 is 5.32 Å². The van der Waals surface area contributed by atoms with Gasteiger partial charge in [-0.1, -0.05) is 11.8 Å². The molecule has 0 fully saturated rings. The molecule has 106 valence electrons. The van der Waals surface area contributed by atoms with Gasteiger partial charge in [-0.05, 0) is 43.3 Å². The van der Waals surface area contributed by atoms with Crippen molar-refractivity contribution in [3.63, 3.8) is 0 Å². The van der Waals surface area contributed by atoms with E-state index in [0.717, 1.165) is 11.3 Å². The van der Waals surface area contributed by atoms with Gasteiger partial charge >= 0.3 is 0 Å². The van der Waals surface area contributed by atoms with Gasteiger partial charge in [0.25, 0.3) is 5.91 Å². The molecule has 1 amide bonds. The first-order valence-electron chi connectivity index (χ1n) is 6.63. The summed E-state index contributed by atoms with van der Waals surface area (Å²) in [5.41, 5.74) is 2.94. The van der Waals surface area contributed by atoms with Gasteiger partial charge < -0.3 is 10.4 Å². The van der Waals surface area contributed by atoms with Crippen molar-refractivity contribution in [3.05, 3.63) is 59.4 Å². The highest BCUT2D eigenvalue weighted by atomic mass is 16.2. The van der Waals surface area contributed by atoms with Gasteiger partial charge in [-0.25, -0.2) is 0 Å². The van der Waals surface area contributed by atoms with Crippen molar-refractivity contribution in [2.75, 3.05) is 11.9 Å². The summed E-state index contributed by atoms with van der Waals surface area (Å²) in [7, 11) is 0. The van der Waals surface area contributed by atoms with Crippen LogP contribution in [0.25, 0.3) is 0 Å². The summed E-state index contributed by atoms with van der Waals surface area (Å²) in [5.74, 6) is 5.62. The molecule has 0 aliphatic heterocycles. The standard InChI is InChI=1S/C17H16N2O2/c1-13-12-15(9-10-18-13)17(21)19-16-7-5-14(6-8-16)4-2-3-11-20/h5-10,12,20H,3,11H2,1H3,(H,19,21). The Balaban J connectivity index is 2.04. The van der Waals surface area contributed by atoms with E-state index < -0.39 is 0 Å². The summed E-state index contributed by atoms with van der Waals surface area (Å²) in [6, 6.07) is 10.7. The third-order valence-electron chi connectivity index (χ3n) is 2.77. The number of aliphatic hydroxyl groups is 1.